The van der Waals surface area contributed by atoms with Crippen LogP contribution in [0.3, 0.4) is 0 Å². The molecule has 1 aromatic heterocycles. The largest absolute Gasteiger partial charge is 0.467 e. The molecule has 0 fully saturated rings. The Balaban J connectivity index is 1.48. The molecule has 4 nitrogen and oxygen atoms in total. The van der Waals surface area contributed by atoms with Gasteiger partial charge in [0.25, 0.3) is 0 Å². The fourth-order valence-electron chi connectivity index (χ4n) is 3.05. The topological polar surface area (TPSA) is 54.3 Å². The Hall–Kier alpha value is -2.07. The molecule has 2 N–H and O–H groups in total. The van der Waals surface area contributed by atoms with Gasteiger partial charge < -0.3 is 15.1 Å². The maximum Gasteiger partial charge on any atom is 0.234 e. The summed E-state index contributed by atoms with van der Waals surface area (Å²) in [6.45, 7) is 2.84. The second-order valence-electron chi connectivity index (χ2n) is 6.19. The Bertz CT molecular complexity index is 649. The number of rotatable bonds is 6. The van der Waals surface area contributed by atoms with Crippen molar-refractivity contribution in [1.29, 1.82) is 0 Å². The van der Waals surface area contributed by atoms with Gasteiger partial charge in [-0.05, 0) is 61.4 Å². The monoisotopic (exact) mass is 312 g/mol. The maximum absolute atomic E-state index is 11.9. The Labute approximate surface area is 137 Å². The number of hydrogen-bond acceptors (Lipinski definition) is 3. The lowest BCUT2D eigenvalue weighted by molar-refractivity contribution is -0.120. The zero-order valence-corrected chi connectivity index (χ0v) is 13.6. The Kier molecular flexibility index (Phi) is 5.13. The van der Waals surface area contributed by atoms with Crippen LogP contribution in [0.1, 0.15) is 48.3 Å². The van der Waals surface area contributed by atoms with Crippen molar-refractivity contribution in [3.63, 3.8) is 0 Å². The van der Waals surface area contributed by atoms with E-state index in [2.05, 4.69) is 35.8 Å². The Morgan fingerprint density at radius 1 is 1.22 bits per heavy atom. The van der Waals surface area contributed by atoms with Crippen LogP contribution in [0.2, 0.25) is 0 Å². The Morgan fingerprint density at radius 3 is 2.83 bits per heavy atom. The summed E-state index contributed by atoms with van der Waals surface area (Å²) in [6, 6.07) is 10.6. The summed E-state index contributed by atoms with van der Waals surface area (Å²) in [5.74, 6) is 0.743. The average Bonchev–Trinajstić information content (AvgIpc) is 3.11. The third kappa shape index (κ3) is 4.23. The van der Waals surface area contributed by atoms with Crippen molar-refractivity contribution < 1.29 is 9.21 Å². The summed E-state index contributed by atoms with van der Waals surface area (Å²) in [7, 11) is 0. The number of aryl methyl sites for hydroxylation is 2. The van der Waals surface area contributed by atoms with Crippen molar-refractivity contribution >= 4 is 5.91 Å². The molecule has 3 rings (SSSR count). The first-order chi connectivity index (χ1) is 11.2. The quantitative estimate of drug-likeness (QED) is 0.861. The van der Waals surface area contributed by atoms with Gasteiger partial charge in [-0.1, -0.05) is 18.2 Å². The highest BCUT2D eigenvalue weighted by Crippen LogP contribution is 2.24. The molecule has 1 aliphatic carbocycles. The Morgan fingerprint density at radius 2 is 2.04 bits per heavy atom. The highest BCUT2D eigenvalue weighted by atomic mass is 16.3. The lowest BCUT2D eigenvalue weighted by Gasteiger charge is -2.20. The van der Waals surface area contributed by atoms with Crippen LogP contribution >= 0.6 is 0 Å². The predicted molar refractivity (Wildman–Crippen MR) is 90.1 cm³/mol. The minimum absolute atomic E-state index is 0.0220. The molecule has 2 aromatic rings. The van der Waals surface area contributed by atoms with E-state index in [9.17, 15) is 4.79 Å². The van der Waals surface area contributed by atoms with E-state index in [1.807, 2.05) is 12.1 Å². The van der Waals surface area contributed by atoms with Crippen LogP contribution in [0, 0.1) is 0 Å². The first-order valence-electron chi connectivity index (χ1n) is 8.36. The fraction of sp³-hybridized carbons (Fsp3) is 0.421. The summed E-state index contributed by atoms with van der Waals surface area (Å²) in [6.07, 6.45) is 6.58. The summed E-state index contributed by atoms with van der Waals surface area (Å²) in [5.41, 5.74) is 4.22. The molecule has 1 atom stereocenters. The van der Waals surface area contributed by atoms with Gasteiger partial charge in [-0.15, -0.1) is 0 Å². The number of benzene rings is 1. The van der Waals surface area contributed by atoms with Gasteiger partial charge in [-0.3, -0.25) is 4.79 Å². The zero-order chi connectivity index (χ0) is 16.1. The molecule has 23 heavy (non-hydrogen) atoms. The van der Waals surface area contributed by atoms with Crippen LogP contribution < -0.4 is 10.6 Å². The molecule has 0 aliphatic heterocycles. The minimum atomic E-state index is -0.0220. The van der Waals surface area contributed by atoms with Gasteiger partial charge in [-0.2, -0.15) is 0 Å². The van der Waals surface area contributed by atoms with E-state index < -0.39 is 0 Å². The molecular formula is C19H24N2O2. The van der Waals surface area contributed by atoms with Crippen LogP contribution in [-0.2, 0) is 24.2 Å². The van der Waals surface area contributed by atoms with Gasteiger partial charge in [-0.25, -0.2) is 0 Å². The molecule has 0 saturated carbocycles. The first kappa shape index (κ1) is 15.8. The zero-order valence-electron chi connectivity index (χ0n) is 13.6. The predicted octanol–water partition coefficient (Wildman–Crippen LogP) is 3.13. The SMILES string of the molecule is CC(NCC(=O)NCc1ccco1)c1ccc2c(c1)CCCC2. The first-order valence-corrected chi connectivity index (χ1v) is 8.36. The third-order valence-corrected chi connectivity index (χ3v) is 4.48. The van der Waals surface area contributed by atoms with Crippen molar-refractivity contribution in [2.24, 2.45) is 0 Å². The maximum atomic E-state index is 11.9. The van der Waals surface area contributed by atoms with Crippen LogP contribution in [0.5, 0.6) is 0 Å². The fourth-order valence-corrected chi connectivity index (χ4v) is 3.05. The molecule has 0 radical (unpaired) electrons. The second kappa shape index (κ2) is 7.47. The molecule has 0 spiro atoms. The van der Waals surface area contributed by atoms with Crippen molar-refractivity contribution in [3.8, 4) is 0 Å². The standard InChI is InChI=1S/C19H24N2O2/c1-14(16-9-8-15-5-2-3-6-17(15)11-16)20-13-19(22)21-12-18-7-4-10-23-18/h4,7-11,14,20H,2-3,5-6,12-13H2,1H3,(H,21,22). The van der Waals surface area contributed by atoms with Gasteiger partial charge in [0.05, 0.1) is 19.4 Å². The molecular weight excluding hydrogens is 288 g/mol. The number of furan rings is 1. The van der Waals surface area contributed by atoms with Crippen molar-refractivity contribution in [2.75, 3.05) is 6.54 Å². The van der Waals surface area contributed by atoms with Gasteiger partial charge in [0.1, 0.15) is 5.76 Å². The van der Waals surface area contributed by atoms with Crippen molar-refractivity contribution in [3.05, 3.63) is 59.0 Å². The van der Waals surface area contributed by atoms with Crippen LogP contribution in [0.15, 0.2) is 41.0 Å². The number of fused-ring (bicyclic) bond motifs is 1. The van der Waals surface area contributed by atoms with Crippen LogP contribution in [-0.4, -0.2) is 12.5 Å². The van der Waals surface area contributed by atoms with E-state index in [0.29, 0.717) is 13.1 Å². The smallest absolute Gasteiger partial charge is 0.234 e. The summed E-state index contributed by atoms with van der Waals surface area (Å²) >= 11 is 0. The molecule has 1 heterocycles. The molecule has 0 saturated heterocycles. The van der Waals surface area contributed by atoms with E-state index in [1.165, 1.54) is 42.4 Å². The molecule has 4 heteroatoms. The van der Waals surface area contributed by atoms with E-state index in [1.54, 1.807) is 6.26 Å². The third-order valence-electron chi connectivity index (χ3n) is 4.48. The van der Waals surface area contributed by atoms with Gasteiger partial charge in [0.15, 0.2) is 0 Å². The van der Waals surface area contributed by atoms with E-state index >= 15 is 0 Å². The summed E-state index contributed by atoms with van der Waals surface area (Å²) < 4.78 is 5.20. The molecule has 0 bridgehead atoms. The van der Waals surface area contributed by atoms with E-state index in [4.69, 9.17) is 4.42 Å². The summed E-state index contributed by atoms with van der Waals surface area (Å²) in [5, 5.41) is 6.14. The van der Waals surface area contributed by atoms with Gasteiger partial charge in [0.2, 0.25) is 5.91 Å². The van der Waals surface area contributed by atoms with Gasteiger partial charge in [0, 0.05) is 6.04 Å². The van der Waals surface area contributed by atoms with Crippen molar-refractivity contribution in [1.82, 2.24) is 10.6 Å². The summed E-state index contributed by atoms with van der Waals surface area (Å²) in [4.78, 5) is 11.9. The lowest BCUT2D eigenvalue weighted by atomic mass is 9.89. The number of carbonyl (C=O) groups is 1. The average molecular weight is 312 g/mol. The van der Waals surface area contributed by atoms with E-state index in [0.717, 1.165) is 5.76 Å². The molecule has 122 valence electrons. The molecule has 1 unspecified atom stereocenters. The molecule has 1 amide bonds. The highest BCUT2D eigenvalue weighted by molar-refractivity contribution is 5.77. The second-order valence-corrected chi connectivity index (χ2v) is 6.19. The molecule has 1 aliphatic rings. The number of carbonyl (C=O) groups excluding carboxylic acids is 1. The van der Waals surface area contributed by atoms with Crippen LogP contribution in [0.4, 0.5) is 0 Å². The number of nitrogens with one attached hydrogen (secondary N) is 2. The molecule has 1 aromatic carbocycles. The normalized spacial score (nSPS) is 15.0. The van der Waals surface area contributed by atoms with Crippen LogP contribution in [0.25, 0.3) is 0 Å². The number of hydrogen-bond donors (Lipinski definition) is 2. The van der Waals surface area contributed by atoms with Crippen molar-refractivity contribution in [2.45, 2.75) is 45.2 Å². The highest BCUT2D eigenvalue weighted by Gasteiger charge is 2.13. The van der Waals surface area contributed by atoms with Gasteiger partial charge >= 0.3 is 0 Å². The lowest BCUT2D eigenvalue weighted by Crippen LogP contribution is -2.34. The number of amides is 1. The minimum Gasteiger partial charge on any atom is -0.467 e. The van der Waals surface area contributed by atoms with E-state index in [-0.39, 0.29) is 11.9 Å².